The topological polar surface area (TPSA) is 67.6 Å². The maximum Gasteiger partial charge on any atom is 0.318 e. The van der Waals surface area contributed by atoms with Crippen molar-refractivity contribution in [3.63, 3.8) is 0 Å². The van der Waals surface area contributed by atoms with E-state index in [2.05, 4.69) is 10.3 Å². The van der Waals surface area contributed by atoms with Crippen LogP contribution < -0.4 is 5.32 Å². The van der Waals surface area contributed by atoms with Gasteiger partial charge >= 0.3 is 6.03 Å². The van der Waals surface area contributed by atoms with Crippen LogP contribution in [0.25, 0.3) is 0 Å². The van der Waals surface area contributed by atoms with Crippen molar-refractivity contribution in [3.8, 4) is 0 Å². The number of thiazole rings is 1. The second-order valence-corrected chi connectivity index (χ2v) is 7.34. The fraction of sp³-hybridized carbons (Fsp3) is 0.529. The van der Waals surface area contributed by atoms with E-state index in [0.717, 1.165) is 40.8 Å². The minimum absolute atomic E-state index is 0.0131. The zero-order valence-electron chi connectivity index (χ0n) is 14.2. The van der Waals surface area contributed by atoms with E-state index >= 15 is 0 Å². The standard InChI is InChI=1S/C17H23N3O3S/c1-11-9-18-16(24-11)12(2)19-17(21)20-8-4-5-14(20)15-7-6-13(23-15)10-22-3/h6-7,9,12,14H,4-5,8,10H2,1-3H3,(H,19,21)/t12-,14-/m1/s1. The molecular weight excluding hydrogens is 326 g/mol. The molecule has 3 heterocycles. The van der Waals surface area contributed by atoms with Crippen LogP contribution in [0, 0.1) is 6.92 Å². The summed E-state index contributed by atoms with van der Waals surface area (Å²) in [4.78, 5) is 20.0. The van der Waals surface area contributed by atoms with Crippen LogP contribution in [-0.4, -0.2) is 29.6 Å². The van der Waals surface area contributed by atoms with Gasteiger partial charge in [0.1, 0.15) is 23.1 Å². The number of carbonyl (C=O) groups excluding carboxylic acids is 1. The van der Waals surface area contributed by atoms with E-state index < -0.39 is 0 Å². The number of rotatable bonds is 5. The fourth-order valence-corrected chi connectivity index (χ4v) is 3.78. The molecule has 7 heteroatoms. The van der Waals surface area contributed by atoms with E-state index in [1.54, 1.807) is 18.4 Å². The zero-order chi connectivity index (χ0) is 17.1. The summed E-state index contributed by atoms with van der Waals surface area (Å²) in [5.74, 6) is 1.61. The molecule has 0 unspecified atom stereocenters. The molecule has 0 bridgehead atoms. The van der Waals surface area contributed by atoms with E-state index in [4.69, 9.17) is 9.15 Å². The molecule has 0 aliphatic carbocycles. The molecule has 0 spiro atoms. The normalized spacial score (nSPS) is 18.8. The predicted molar refractivity (Wildman–Crippen MR) is 91.9 cm³/mol. The van der Waals surface area contributed by atoms with Gasteiger partial charge in [-0.1, -0.05) is 0 Å². The Hall–Kier alpha value is -1.86. The van der Waals surface area contributed by atoms with Crippen LogP contribution in [0.2, 0.25) is 0 Å². The van der Waals surface area contributed by atoms with E-state index in [0.29, 0.717) is 6.61 Å². The smallest absolute Gasteiger partial charge is 0.318 e. The average Bonchev–Trinajstić information content (AvgIpc) is 3.26. The molecule has 1 aliphatic heterocycles. The highest BCUT2D eigenvalue weighted by Gasteiger charge is 2.33. The average molecular weight is 349 g/mol. The van der Waals surface area contributed by atoms with Crippen molar-refractivity contribution in [1.82, 2.24) is 15.2 Å². The molecule has 1 saturated heterocycles. The predicted octanol–water partition coefficient (Wildman–Crippen LogP) is 3.80. The minimum Gasteiger partial charge on any atom is -0.461 e. The van der Waals surface area contributed by atoms with Crippen molar-refractivity contribution in [2.24, 2.45) is 0 Å². The molecule has 2 aromatic heterocycles. The van der Waals surface area contributed by atoms with Crippen molar-refractivity contribution in [2.45, 2.75) is 45.4 Å². The lowest BCUT2D eigenvalue weighted by Crippen LogP contribution is -2.40. The lowest BCUT2D eigenvalue weighted by atomic mass is 10.2. The Morgan fingerprint density at radius 1 is 1.58 bits per heavy atom. The summed E-state index contributed by atoms with van der Waals surface area (Å²) in [6, 6.07) is 3.67. The number of aryl methyl sites for hydroxylation is 1. The van der Waals surface area contributed by atoms with Gasteiger partial charge in [-0.25, -0.2) is 9.78 Å². The van der Waals surface area contributed by atoms with Crippen molar-refractivity contribution in [3.05, 3.63) is 39.7 Å². The first-order valence-corrected chi connectivity index (χ1v) is 8.97. The zero-order valence-corrected chi connectivity index (χ0v) is 15.1. The largest absolute Gasteiger partial charge is 0.461 e. The number of amides is 2. The molecule has 1 aliphatic rings. The van der Waals surface area contributed by atoms with Gasteiger partial charge in [0.15, 0.2) is 0 Å². The third kappa shape index (κ3) is 3.62. The summed E-state index contributed by atoms with van der Waals surface area (Å²) in [6.45, 7) is 5.16. The summed E-state index contributed by atoms with van der Waals surface area (Å²) in [5.41, 5.74) is 0. The molecule has 2 atom stereocenters. The molecule has 3 rings (SSSR count). The molecular formula is C17H23N3O3S. The van der Waals surface area contributed by atoms with Crippen molar-refractivity contribution >= 4 is 17.4 Å². The van der Waals surface area contributed by atoms with E-state index in [1.165, 1.54) is 0 Å². The monoisotopic (exact) mass is 349 g/mol. The lowest BCUT2D eigenvalue weighted by Gasteiger charge is -2.25. The Morgan fingerprint density at radius 3 is 3.12 bits per heavy atom. The number of hydrogen-bond donors (Lipinski definition) is 1. The van der Waals surface area contributed by atoms with Crippen LogP contribution in [0.5, 0.6) is 0 Å². The van der Waals surface area contributed by atoms with Crippen LogP contribution in [0.15, 0.2) is 22.7 Å². The number of likely N-dealkylation sites (tertiary alicyclic amines) is 1. The van der Waals surface area contributed by atoms with Gasteiger partial charge in [0.2, 0.25) is 0 Å². The maximum atomic E-state index is 12.7. The van der Waals surface area contributed by atoms with Crippen LogP contribution in [0.3, 0.4) is 0 Å². The SMILES string of the molecule is COCc1ccc([C@H]2CCCN2C(=O)N[C@H](C)c2ncc(C)s2)o1. The summed E-state index contributed by atoms with van der Waals surface area (Å²) in [5, 5.41) is 3.98. The van der Waals surface area contributed by atoms with E-state index in [9.17, 15) is 4.79 Å². The van der Waals surface area contributed by atoms with Gasteiger partial charge in [0, 0.05) is 24.7 Å². The van der Waals surface area contributed by atoms with Gasteiger partial charge in [-0.15, -0.1) is 11.3 Å². The minimum atomic E-state index is -0.0990. The fourth-order valence-electron chi connectivity index (χ4n) is 3.00. The first-order chi connectivity index (χ1) is 11.6. The van der Waals surface area contributed by atoms with Crippen LogP contribution in [0.1, 0.15) is 53.3 Å². The van der Waals surface area contributed by atoms with Gasteiger partial charge < -0.3 is 19.4 Å². The van der Waals surface area contributed by atoms with Crippen LogP contribution in [-0.2, 0) is 11.3 Å². The lowest BCUT2D eigenvalue weighted by molar-refractivity contribution is 0.155. The molecule has 2 amide bonds. The van der Waals surface area contributed by atoms with Crippen molar-refractivity contribution in [1.29, 1.82) is 0 Å². The maximum absolute atomic E-state index is 12.7. The number of ether oxygens (including phenoxy) is 1. The number of carbonyl (C=O) groups is 1. The highest BCUT2D eigenvalue weighted by atomic mass is 32.1. The first kappa shape index (κ1) is 17.0. The second-order valence-electron chi connectivity index (χ2n) is 6.07. The molecule has 130 valence electrons. The van der Waals surface area contributed by atoms with Crippen LogP contribution >= 0.6 is 11.3 Å². The molecule has 1 fully saturated rings. The second kappa shape index (κ2) is 7.36. The van der Waals surface area contributed by atoms with Gasteiger partial charge in [0.05, 0.1) is 12.1 Å². The Labute approximate surface area is 145 Å². The number of urea groups is 1. The molecule has 1 N–H and O–H groups in total. The summed E-state index contributed by atoms with van der Waals surface area (Å²) in [6.07, 6.45) is 3.72. The Bertz CT molecular complexity index is 697. The number of hydrogen-bond acceptors (Lipinski definition) is 5. The summed E-state index contributed by atoms with van der Waals surface area (Å²) in [7, 11) is 1.64. The van der Waals surface area contributed by atoms with Crippen molar-refractivity contribution in [2.75, 3.05) is 13.7 Å². The number of furan rings is 1. The Morgan fingerprint density at radius 2 is 2.42 bits per heavy atom. The van der Waals surface area contributed by atoms with Crippen molar-refractivity contribution < 1.29 is 13.9 Å². The third-order valence-corrected chi connectivity index (χ3v) is 5.26. The molecule has 0 aromatic carbocycles. The van der Waals surface area contributed by atoms with E-state index in [1.807, 2.05) is 37.1 Å². The molecule has 24 heavy (non-hydrogen) atoms. The third-order valence-electron chi connectivity index (χ3n) is 4.16. The number of methoxy groups -OCH3 is 1. The number of nitrogens with zero attached hydrogens (tertiary/aromatic N) is 2. The molecule has 0 radical (unpaired) electrons. The Balaban J connectivity index is 1.66. The number of nitrogens with one attached hydrogen (secondary N) is 1. The number of aromatic nitrogens is 1. The highest BCUT2D eigenvalue weighted by Crippen LogP contribution is 2.33. The Kier molecular flexibility index (Phi) is 5.20. The molecule has 0 saturated carbocycles. The first-order valence-electron chi connectivity index (χ1n) is 8.15. The highest BCUT2D eigenvalue weighted by molar-refractivity contribution is 7.11. The van der Waals surface area contributed by atoms with E-state index in [-0.39, 0.29) is 18.1 Å². The van der Waals surface area contributed by atoms with Gasteiger partial charge in [-0.3, -0.25) is 0 Å². The quantitative estimate of drug-likeness (QED) is 0.891. The molecule has 6 nitrogen and oxygen atoms in total. The molecule has 2 aromatic rings. The van der Waals surface area contributed by atoms with Gasteiger partial charge in [0.25, 0.3) is 0 Å². The summed E-state index contributed by atoms with van der Waals surface area (Å²) < 4.78 is 10.9. The van der Waals surface area contributed by atoms with Gasteiger partial charge in [-0.2, -0.15) is 0 Å². The summed E-state index contributed by atoms with van der Waals surface area (Å²) >= 11 is 1.61. The van der Waals surface area contributed by atoms with Crippen LogP contribution in [0.4, 0.5) is 4.79 Å². The van der Waals surface area contributed by atoms with Gasteiger partial charge in [-0.05, 0) is 38.8 Å².